The Balaban J connectivity index is 1.38. The van der Waals surface area contributed by atoms with E-state index in [4.69, 9.17) is 4.74 Å². The van der Waals surface area contributed by atoms with Gasteiger partial charge in [-0.1, -0.05) is 0 Å². The number of hydrogen-bond acceptors (Lipinski definition) is 6. The molecule has 24 heavy (non-hydrogen) atoms. The van der Waals surface area contributed by atoms with E-state index in [2.05, 4.69) is 37.6 Å². The molecule has 6 nitrogen and oxygen atoms in total. The quantitative estimate of drug-likeness (QED) is 0.847. The molecule has 1 atom stereocenters. The SMILES string of the molecule is Cn1ccnc1[C@H]1CCCN(Cc2cnc(N3CCOCC3)s2)C1. The standard InChI is InChI=1S/C17H25N5OS/c1-20-6-4-18-16(20)14-3-2-5-21(12-14)13-15-11-19-17(24-15)22-7-9-23-10-8-22/h4,6,11,14H,2-3,5,7-10,12-13H2,1H3/t14-/m0/s1. The molecule has 0 aliphatic carbocycles. The maximum absolute atomic E-state index is 5.43. The Labute approximate surface area is 147 Å². The van der Waals surface area contributed by atoms with E-state index < -0.39 is 0 Å². The number of likely N-dealkylation sites (tertiary alicyclic amines) is 1. The van der Waals surface area contributed by atoms with Gasteiger partial charge in [0.15, 0.2) is 5.13 Å². The minimum Gasteiger partial charge on any atom is -0.378 e. The van der Waals surface area contributed by atoms with Crippen LogP contribution in [0.5, 0.6) is 0 Å². The molecule has 0 aromatic carbocycles. The summed E-state index contributed by atoms with van der Waals surface area (Å²) in [5.74, 6) is 1.77. The Morgan fingerprint density at radius 1 is 1.25 bits per heavy atom. The van der Waals surface area contributed by atoms with Crippen LogP contribution in [0.1, 0.15) is 29.5 Å². The number of aromatic nitrogens is 3. The van der Waals surface area contributed by atoms with Gasteiger partial charge in [-0.2, -0.15) is 0 Å². The summed E-state index contributed by atoms with van der Waals surface area (Å²) in [7, 11) is 2.10. The first-order valence-corrected chi connectivity index (χ1v) is 9.58. The minimum absolute atomic E-state index is 0.547. The summed E-state index contributed by atoms with van der Waals surface area (Å²) in [6.07, 6.45) is 8.49. The van der Waals surface area contributed by atoms with Gasteiger partial charge >= 0.3 is 0 Å². The van der Waals surface area contributed by atoms with Crippen molar-refractivity contribution in [2.24, 2.45) is 7.05 Å². The average Bonchev–Trinajstić information content (AvgIpc) is 3.25. The van der Waals surface area contributed by atoms with Crippen LogP contribution in [0.3, 0.4) is 0 Å². The Morgan fingerprint density at radius 2 is 2.12 bits per heavy atom. The third-order valence-corrected chi connectivity index (χ3v) is 5.97. The molecule has 4 heterocycles. The fourth-order valence-corrected chi connectivity index (χ4v) is 4.68. The van der Waals surface area contributed by atoms with Crippen LogP contribution in [0.2, 0.25) is 0 Å². The highest BCUT2D eigenvalue weighted by Crippen LogP contribution is 2.29. The highest BCUT2D eigenvalue weighted by Gasteiger charge is 2.24. The molecule has 0 N–H and O–H groups in total. The zero-order valence-electron chi connectivity index (χ0n) is 14.2. The fourth-order valence-electron chi connectivity index (χ4n) is 3.67. The van der Waals surface area contributed by atoms with E-state index in [1.54, 1.807) is 0 Å². The van der Waals surface area contributed by atoms with Gasteiger partial charge < -0.3 is 14.2 Å². The highest BCUT2D eigenvalue weighted by molar-refractivity contribution is 7.15. The smallest absolute Gasteiger partial charge is 0.185 e. The maximum atomic E-state index is 5.43. The average molecular weight is 347 g/mol. The van der Waals surface area contributed by atoms with Crippen molar-refractivity contribution in [1.29, 1.82) is 0 Å². The first kappa shape index (κ1) is 16.1. The van der Waals surface area contributed by atoms with Crippen LogP contribution < -0.4 is 4.90 Å². The summed E-state index contributed by atoms with van der Waals surface area (Å²) in [6.45, 7) is 6.80. The first-order valence-electron chi connectivity index (χ1n) is 8.76. The van der Waals surface area contributed by atoms with Gasteiger partial charge in [-0.05, 0) is 19.4 Å². The second-order valence-corrected chi connectivity index (χ2v) is 7.77. The van der Waals surface area contributed by atoms with Crippen molar-refractivity contribution in [2.75, 3.05) is 44.3 Å². The minimum atomic E-state index is 0.547. The normalized spacial score (nSPS) is 22.9. The van der Waals surface area contributed by atoms with Crippen molar-refractivity contribution in [3.63, 3.8) is 0 Å². The summed E-state index contributed by atoms with van der Waals surface area (Å²) in [6, 6.07) is 0. The summed E-state index contributed by atoms with van der Waals surface area (Å²) in [5.41, 5.74) is 0. The molecule has 2 aliphatic rings. The molecular formula is C17H25N5OS. The van der Waals surface area contributed by atoms with Gasteiger partial charge in [0, 0.05) is 62.6 Å². The number of anilines is 1. The van der Waals surface area contributed by atoms with Crippen molar-refractivity contribution >= 4 is 16.5 Å². The lowest BCUT2D eigenvalue weighted by atomic mass is 9.97. The lowest BCUT2D eigenvalue weighted by molar-refractivity contribution is 0.122. The number of hydrogen-bond donors (Lipinski definition) is 0. The summed E-state index contributed by atoms with van der Waals surface area (Å²) in [5, 5.41) is 1.14. The second-order valence-electron chi connectivity index (χ2n) is 6.68. The Hall–Kier alpha value is -1.44. The number of morpholine rings is 1. The fraction of sp³-hybridized carbons (Fsp3) is 0.647. The molecule has 7 heteroatoms. The number of ether oxygens (including phenoxy) is 1. The monoisotopic (exact) mass is 347 g/mol. The van der Waals surface area contributed by atoms with Gasteiger partial charge in [0.05, 0.1) is 13.2 Å². The molecule has 2 aliphatic heterocycles. The third kappa shape index (κ3) is 3.48. The van der Waals surface area contributed by atoms with E-state index in [0.29, 0.717) is 5.92 Å². The molecule has 2 aromatic heterocycles. The second kappa shape index (κ2) is 7.21. The van der Waals surface area contributed by atoms with Crippen molar-refractivity contribution in [3.8, 4) is 0 Å². The molecule has 0 unspecified atom stereocenters. The molecular weight excluding hydrogens is 322 g/mol. The van der Waals surface area contributed by atoms with Gasteiger partial charge in [-0.3, -0.25) is 4.90 Å². The predicted octanol–water partition coefficient (Wildman–Crippen LogP) is 2.09. The number of thiazole rings is 1. The van der Waals surface area contributed by atoms with Crippen molar-refractivity contribution in [3.05, 3.63) is 29.3 Å². The zero-order chi connectivity index (χ0) is 16.4. The Kier molecular flexibility index (Phi) is 4.82. The van der Waals surface area contributed by atoms with Gasteiger partial charge in [0.2, 0.25) is 0 Å². The van der Waals surface area contributed by atoms with E-state index in [1.165, 1.54) is 30.1 Å². The molecule has 0 radical (unpaired) electrons. The van der Waals surface area contributed by atoms with Crippen LogP contribution in [0, 0.1) is 0 Å². The predicted molar refractivity (Wildman–Crippen MR) is 95.6 cm³/mol. The van der Waals surface area contributed by atoms with Crippen LogP contribution in [-0.2, 0) is 18.3 Å². The molecule has 2 aromatic rings. The van der Waals surface area contributed by atoms with Crippen LogP contribution in [0.25, 0.3) is 0 Å². The highest BCUT2D eigenvalue weighted by atomic mass is 32.1. The van der Waals surface area contributed by atoms with Gasteiger partial charge in [-0.15, -0.1) is 11.3 Å². The van der Waals surface area contributed by atoms with E-state index in [9.17, 15) is 0 Å². The van der Waals surface area contributed by atoms with Crippen LogP contribution in [-0.4, -0.2) is 58.8 Å². The zero-order valence-corrected chi connectivity index (χ0v) is 15.0. The molecule has 0 amide bonds. The van der Waals surface area contributed by atoms with E-state index in [0.717, 1.165) is 44.5 Å². The molecule has 2 saturated heterocycles. The lowest BCUT2D eigenvalue weighted by Gasteiger charge is -2.32. The molecule has 130 valence electrons. The number of aryl methyl sites for hydroxylation is 1. The molecule has 0 saturated carbocycles. The summed E-state index contributed by atoms with van der Waals surface area (Å²) in [4.78, 5) is 15.4. The number of piperidine rings is 1. The van der Waals surface area contributed by atoms with Crippen molar-refractivity contribution in [2.45, 2.75) is 25.3 Å². The molecule has 2 fully saturated rings. The van der Waals surface area contributed by atoms with Crippen LogP contribution in [0.15, 0.2) is 18.6 Å². The third-order valence-electron chi connectivity index (χ3n) is 4.93. The Morgan fingerprint density at radius 3 is 2.92 bits per heavy atom. The van der Waals surface area contributed by atoms with Gasteiger partial charge in [-0.25, -0.2) is 9.97 Å². The summed E-state index contributed by atoms with van der Waals surface area (Å²) >= 11 is 1.83. The number of nitrogens with zero attached hydrogens (tertiary/aromatic N) is 5. The van der Waals surface area contributed by atoms with E-state index in [-0.39, 0.29) is 0 Å². The maximum Gasteiger partial charge on any atom is 0.185 e. The van der Waals surface area contributed by atoms with E-state index >= 15 is 0 Å². The Bertz CT molecular complexity index is 663. The molecule has 0 bridgehead atoms. The van der Waals surface area contributed by atoms with E-state index in [1.807, 2.05) is 23.7 Å². The first-order chi connectivity index (χ1) is 11.8. The van der Waals surface area contributed by atoms with Crippen LogP contribution in [0.4, 0.5) is 5.13 Å². The lowest BCUT2D eigenvalue weighted by Crippen LogP contribution is -2.36. The molecule has 4 rings (SSSR count). The summed E-state index contributed by atoms with van der Waals surface area (Å²) < 4.78 is 7.59. The van der Waals surface area contributed by atoms with Crippen molar-refractivity contribution in [1.82, 2.24) is 19.4 Å². The largest absolute Gasteiger partial charge is 0.378 e. The van der Waals surface area contributed by atoms with Gasteiger partial charge in [0.25, 0.3) is 0 Å². The number of imidazole rings is 1. The topological polar surface area (TPSA) is 46.4 Å². The number of rotatable bonds is 4. The van der Waals surface area contributed by atoms with Crippen molar-refractivity contribution < 1.29 is 4.74 Å². The molecule has 0 spiro atoms. The van der Waals surface area contributed by atoms with Gasteiger partial charge in [0.1, 0.15) is 5.82 Å². The van der Waals surface area contributed by atoms with Crippen LogP contribution >= 0.6 is 11.3 Å².